The van der Waals surface area contributed by atoms with Crippen LogP contribution in [0.25, 0.3) is 10.8 Å². The lowest BCUT2D eigenvalue weighted by molar-refractivity contribution is -0.133. The predicted molar refractivity (Wildman–Crippen MR) is 151 cm³/mol. The van der Waals surface area contributed by atoms with Crippen LogP contribution in [0.4, 0.5) is 0 Å². The number of ether oxygens (including phenoxy) is 1. The maximum Gasteiger partial charge on any atom is 0.254 e. The van der Waals surface area contributed by atoms with Crippen molar-refractivity contribution in [1.82, 2.24) is 14.7 Å². The molecule has 7 nitrogen and oxygen atoms in total. The van der Waals surface area contributed by atoms with Gasteiger partial charge in [0.1, 0.15) is 18.1 Å². The van der Waals surface area contributed by atoms with E-state index in [-0.39, 0.29) is 18.4 Å². The number of hydrogen-bond donors (Lipinski definition) is 0. The Morgan fingerprint density at radius 2 is 1.56 bits per heavy atom. The van der Waals surface area contributed by atoms with Gasteiger partial charge < -0.3 is 19.0 Å². The number of nitrogens with zero attached hydrogens (tertiary/aromatic N) is 3. The molecule has 1 saturated heterocycles. The second-order valence-electron chi connectivity index (χ2n) is 9.96. The van der Waals surface area contributed by atoms with E-state index in [1.807, 2.05) is 91.9 Å². The minimum Gasteiger partial charge on any atom is -0.464 e. The topological polar surface area (TPSA) is 66.2 Å². The highest BCUT2D eigenvalue weighted by Gasteiger charge is 2.25. The van der Waals surface area contributed by atoms with Crippen molar-refractivity contribution in [2.75, 3.05) is 45.9 Å². The molecule has 1 fully saturated rings. The molecular formula is C32H35N3O4. The minimum atomic E-state index is -0.137. The van der Waals surface area contributed by atoms with Gasteiger partial charge in [0, 0.05) is 38.3 Å². The van der Waals surface area contributed by atoms with Crippen LogP contribution < -0.4 is 0 Å². The van der Waals surface area contributed by atoms with Crippen molar-refractivity contribution in [2.45, 2.75) is 20.0 Å². The first-order chi connectivity index (χ1) is 19.1. The molecule has 39 heavy (non-hydrogen) atoms. The van der Waals surface area contributed by atoms with Crippen molar-refractivity contribution >= 4 is 22.6 Å². The number of hydrogen-bond acceptors (Lipinski definition) is 5. The number of carbonyl (C=O) groups is 2. The summed E-state index contributed by atoms with van der Waals surface area (Å²) in [6, 6.07) is 27.3. The zero-order valence-electron chi connectivity index (χ0n) is 22.4. The van der Waals surface area contributed by atoms with Crippen molar-refractivity contribution < 1.29 is 18.7 Å². The van der Waals surface area contributed by atoms with E-state index in [2.05, 4.69) is 4.90 Å². The number of amides is 2. The Bertz CT molecular complexity index is 1390. The number of aryl methyl sites for hydroxylation is 1. The van der Waals surface area contributed by atoms with Gasteiger partial charge in [0.2, 0.25) is 5.91 Å². The van der Waals surface area contributed by atoms with Gasteiger partial charge in [0.05, 0.1) is 19.8 Å². The second kappa shape index (κ2) is 12.7. The summed E-state index contributed by atoms with van der Waals surface area (Å²) in [4.78, 5) is 33.6. The molecule has 0 atom stereocenters. The van der Waals surface area contributed by atoms with Crippen LogP contribution in [0.3, 0.4) is 0 Å². The monoisotopic (exact) mass is 525 g/mol. The summed E-state index contributed by atoms with van der Waals surface area (Å²) in [5.41, 5.74) is 1.63. The van der Waals surface area contributed by atoms with Crippen LogP contribution in [-0.2, 0) is 22.6 Å². The van der Waals surface area contributed by atoms with Crippen LogP contribution in [0, 0.1) is 6.92 Å². The van der Waals surface area contributed by atoms with Gasteiger partial charge in [0.15, 0.2) is 0 Å². The summed E-state index contributed by atoms with van der Waals surface area (Å²) >= 11 is 0. The van der Waals surface area contributed by atoms with E-state index >= 15 is 0 Å². The fourth-order valence-electron chi connectivity index (χ4n) is 4.98. The molecule has 4 aromatic rings. The minimum absolute atomic E-state index is 0.0150. The molecule has 0 unspecified atom stereocenters. The van der Waals surface area contributed by atoms with Crippen molar-refractivity contribution in [3.63, 3.8) is 0 Å². The number of carbonyl (C=O) groups excluding carboxylic acids is 2. The van der Waals surface area contributed by atoms with Gasteiger partial charge in [0.25, 0.3) is 5.91 Å². The van der Waals surface area contributed by atoms with Crippen LogP contribution in [0.5, 0.6) is 0 Å². The molecule has 2 heterocycles. The van der Waals surface area contributed by atoms with Gasteiger partial charge in [-0.1, -0.05) is 66.7 Å². The Balaban J connectivity index is 1.40. The lowest BCUT2D eigenvalue weighted by Gasteiger charge is -2.31. The number of rotatable bonds is 10. The molecule has 202 valence electrons. The summed E-state index contributed by atoms with van der Waals surface area (Å²) in [5.74, 6) is 1.26. The van der Waals surface area contributed by atoms with Crippen LogP contribution in [0.15, 0.2) is 89.3 Å². The maximum absolute atomic E-state index is 14.0. The van der Waals surface area contributed by atoms with Crippen LogP contribution in [0.1, 0.15) is 27.4 Å². The second-order valence-corrected chi connectivity index (χ2v) is 9.96. The van der Waals surface area contributed by atoms with Crippen molar-refractivity contribution in [1.29, 1.82) is 0 Å². The molecule has 0 radical (unpaired) electrons. The molecule has 0 saturated carbocycles. The maximum atomic E-state index is 14.0. The number of furan rings is 1. The highest BCUT2D eigenvalue weighted by atomic mass is 16.5. The first-order valence-electron chi connectivity index (χ1n) is 13.5. The Morgan fingerprint density at radius 1 is 0.821 bits per heavy atom. The highest BCUT2D eigenvalue weighted by Crippen LogP contribution is 2.21. The lowest BCUT2D eigenvalue weighted by atomic mass is 10.0. The zero-order valence-corrected chi connectivity index (χ0v) is 22.4. The van der Waals surface area contributed by atoms with E-state index < -0.39 is 0 Å². The molecule has 1 aliphatic heterocycles. The van der Waals surface area contributed by atoms with Gasteiger partial charge in [-0.05, 0) is 41.5 Å². The third-order valence-electron chi connectivity index (χ3n) is 7.13. The lowest BCUT2D eigenvalue weighted by Crippen LogP contribution is -2.47. The summed E-state index contributed by atoms with van der Waals surface area (Å²) in [7, 11) is 0. The SMILES string of the molecule is Cc1ccc(CN(Cc2ccccc2)C(=O)CN(CCN2CCOCC2)C(=O)c2cccc3ccccc23)o1. The van der Waals surface area contributed by atoms with Crippen LogP contribution >= 0.6 is 0 Å². The molecular weight excluding hydrogens is 490 g/mol. The van der Waals surface area contributed by atoms with Crippen molar-refractivity contribution in [3.05, 3.63) is 108 Å². The largest absolute Gasteiger partial charge is 0.464 e. The summed E-state index contributed by atoms with van der Waals surface area (Å²) < 4.78 is 11.3. The molecule has 7 heteroatoms. The standard InChI is InChI=1S/C32H35N3O4/c1-25-14-15-28(39-25)23-35(22-26-8-3-2-4-9-26)31(36)24-34(17-16-33-18-20-38-21-19-33)32(37)30-13-7-11-27-10-5-6-12-29(27)30/h2-15H,16-24H2,1H3. The molecule has 5 rings (SSSR count). The van der Waals surface area contributed by atoms with E-state index in [1.165, 1.54) is 0 Å². The first kappa shape index (κ1) is 26.7. The molecule has 2 amide bonds. The molecule has 0 aliphatic carbocycles. The fourth-order valence-corrected chi connectivity index (χ4v) is 4.98. The average molecular weight is 526 g/mol. The first-order valence-corrected chi connectivity index (χ1v) is 13.5. The van der Waals surface area contributed by atoms with Crippen molar-refractivity contribution in [2.24, 2.45) is 0 Å². The Hall–Kier alpha value is -3.94. The number of morpholine rings is 1. The van der Waals surface area contributed by atoms with Gasteiger partial charge in [-0.3, -0.25) is 14.5 Å². The fraction of sp³-hybridized carbons (Fsp3) is 0.312. The van der Waals surface area contributed by atoms with Gasteiger partial charge in [-0.15, -0.1) is 0 Å². The van der Waals surface area contributed by atoms with E-state index in [0.717, 1.165) is 40.9 Å². The summed E-state index contributed by atoms with van der Waals surface area (Å²) in [6.07, 6.45) is 0. The van der Waals surface area contributed by atoms with Crippen LogP contribution in [-0.4, -0.2) is 72.5 Å². The molecule has 1 aliphatic rings. The summed E-state index contributed by atoms with van der Waals surface area (Å²) in [5, 5.41) is 1.89. The van der Waals surface area contributed by atoms with Gasteiger partial charge in [-0.25, -0.2) is 0 Å². The molecule has 0 spiro atoms. The smallest absolute Gasteiger partial charge is 0.254 e. The molecule has 3 aromatic carbocycles. The Kier molecular flexibility index (Phi) is 8.71. The molecule has 0 bridgehead atoms. The normalized spacial score (nSPS) is 13.9. The van der Waals surface area contributed by atoms with E-state index in [9.17, 15) is 9.59 Å². The van der Waals surface area contributed by atoms with Gasteiger partial charge in [-0.2, -0.15) is 0 Å². The Morgan fingerprint density at radius 3 is 2.33 bits per heavy atom. The third kappa shape index (κ3) is 6.93. The van der Waals surface area contributed by atoms with Crippen molar-refractivity contribution in [3.8, 4) is 0 Å². The average Bonchev–Trinajstić information content (AvgIpc) is 3.39. The van der Waals surface area contributed by atoms with E-state index in [4.69, 9.17) is 9.15 Å². The molecule has 1 aromatic heterocycles. The predicted octanol–water partition coefficient (Wildman–Crippen LogP) is 4.74. The quantitative estimate of drug-likeness (QED) is 0.299. The summed E-state index contributed by atoms with van der Waals surface area (Å²) in [6.45, 7) is 6.79. The highest BCUT2D eigenvalue weighted by molar-refractivity contribution is 6.07. The van der Waals surface area contributed by atoms with Crippen LogP contribution in [0.2, 0.25) is 0 Å². The zero-order chi connectivity index (χ0) is 27.0. The van der Waals surface area contributed by atoms with Gasteiger partial charge >= 0.3 is 0 Å². The van der Waals surface area contributed by atoms with E-state index in [1.54, 1.807) is 9.80 Å². The Labute approximate surface area is 229 Å². The third-order valence-corrected chi connectivity index (χ3v) is 7.13. The number of fused-ring (bicyclic) bond motifs is 1. The number of benzene rings is 3. The van der Waals surface area contributed by atoms with E-state index in [0.29, 0.717) is 45.0 Å². The molecule has 0 N–H and O–H groups in total.